The maximum atomic E-state index is 12.9. The molecule has 2 aromatic heterocycles. The van der Waals surface area contributed by atoms with Crippen LogP contribution in [0.15, 0.2) is 6.07 Å². The van der Waals surface area contributed by atoms with Crippen molar-refractivity contribution in [3.8, 4) is 11.5 Å². The number of nitrogens with one attached hydrogen (secondary N) is 1. The van der Waals surface area contributed by atoms with Crippen molar-refractivity contribution in [2.75, 3.05) is 7.05 Å². The third-order valence-corrected chi connectivity index (χ3v) is 3.34. The van der Waals surface area contributed by atoms with Gasteiger partial charge in [-0.15, -0.1) is 0 Å². The molecule has 0 fully saturated rings. The Hall–Kier alpha value is -2.39. The summed E-state index contributed by atoms with van der Waals surface area (Å²) in [7, 11) is 1.44. The Morgan fingerprint density at radius 2 is 1.88 bits per heavy atom. The standard InChI is InChI=1S/C15H21F3N6O/c1-9-6-10(24(21-9)14(2,3)4)13-20-11(7-12(25)19-5)22-23(13)8-15(16,17)18/h6H,7-8H2,1-5H3,(H,19,25). The van der Waals surface area contributed by atoms with Gasteiger partial charge < -0.3 is 5.32 Å². The number of alkyl halides is 3. The second kappa shape index (κ2) is 6.49. The van der Waals surface area contributed by atoms with E-state index in [0.29, 0.717) is 11.4 Å². The zero-order chi connectivity index (χ0) is 19.0. The van der Waals surface area contributed by atoms with E-state index in [1.54, 1.807) is 17.7 Å². The third kappa shape index (κ3) is 4.58. The van der Waals surface area contributed by atoms with Gasteiger partial charge in [-0.05, 0) is 33.8 Å². The van der Waals surface area contributed by atoms with Gasteiger partial charge in [-0.2, -0.15) is 23.4 Å². The predicted octanol–water partition coefficient (Wildman–Crippen LogP) is 2.06. The fraction of sp³-hybridized carbons (Fsp3) is 0.600. The average molecular weight is 358 g/mol. The minimum Gasteiger partial charge on any atom is -0.359 e. The largest absolute Gasteiger partial charge is 0.408 e. The molecule has 0 aliphatic heterocycles. The molecule has 0 atom stereocenters. The quantitative estimate of drug-likeness (QED) is 0.907. The molecule has 138 valence electrons. The van der Waals surface area contributed by atoms with Crippen LogP contribution in [-0.2, 0) is 23.3 Å². The van der Waals surface area contributed by atoms with Crippen LogP contribution in [0.1, 0.15) is 32.3 Å². The fourth-order valence-corrected chi connectivity index (χ4v) is 2.34. The smallest absolute Gasteiger partial charge is 0.359 e. The summed E-state index contributed by atoms with van der Waals surface area (Å²) >= 11 is 0. The second-order valence-corrected chi connectivity index (χ2v) is 6.73. The van der Waals surface area contributed by atoms with Crippen LogP contribution in [0.3, 0.4) is 0 Å². The van der Waals surface area contributed by atoms with E-state index >= 15 is 0 Å². The highest BCUT2D eigenvalue weighted by atomic mass is 19.4. The van der Waals surface area contributed by atoms with Crippen molar-refractivity contribution in [3.05, 3.63) is 17.6 Å². The fourth-order valence-electron chi connectivity index (χ4n) is 2.34. The highest BCUT2D eigenvalue weighted by Gasteiger charge is 2.32. The second-order valence-electron chi connectivity index (χ2n) is 6.73. The average Bonchev–Trinajstić information content (AvgIpc) is 2.99. The first-order chi connectivity index (χ1) is 11.4. The first-order valence-electron chi connectivity index (χ1n) is 7.69. The molecule has 7 nitrogen and oxygen atoms in total. The van der Waals surface area contributed by atoms with Crippen LogP contribution in [0.2, 0.25) is 0 Å². The zero-order valence-electron chi connectivity index (χ0n) is 14.8. The molecule has 1 N–H and O–H groups in total. The summed E-state index contributed by atoms with van der Waals surface area (Å²) < 4.78 is 41.2. The number of hydrogen-bond donors (Lipinski definition) is 1. The molecule has 0 spiro atoms. The van der Waals surface area contributed by atoms with Gasteiger partial charge >= 0.3 is 6.18 Å². The lowest BCUT2D eigenvalue weighted by atomic mass is 10.1. The lowest BCUT2D eigenvalue weighted by Gasteiger charge is -2.22. The molecule has 2 rings (SSSR count). The van der Waals surface area contributed by atoms with E-state index in [0.717, 1.165) is 4.68 Å². The number of carbonyl (C=O) groups is 1. The van der Waals surface area contributed by atoms with Crippen molar-refractivity contribution >= 4 is 5.91 Å². The van der Waals surface area contributed by atoms with Crippen LogP contribution in [-0.4, -0.2) is 43.7 Å². The van der Waals surface area contributed by atoms with Gasteiger partial charge in [0, 0.05) is 7.05 Å². The number of rotatable bonds is 4. The Morgan fingerprint density at radius 3 is 2.40 bits per heavy atom. The molecule has 1 amide bonds. The third-order valence-electron chi connectivity index (χ3n) is 3.34. The highest BCUT2D eigenvalue weighted by Crippen LogP contribution is 2.27. The molecule has 0 saturated carbocycles. The van der Waals surface area contributed by atoms with Gasteiger partial charge in [0.25, 0.3) is 0 Å². The van der Waals surface area contributed by atoms with Crippen molar-refractivity contribution in [1.29, 1.82) is 0 Å². The Morgan fingerprint density at radius 1 is 1.24 bits per heavy atom. The summed E-state index contributed by atoms with van der Waals surface area (Å²) in [6.45, 7) is 6.12. The number of amides is 1. The highest BCUT2D eigenvalue weighted by molar-refractivity contribution is 5.77. The van der Waals surface area contributed by atoms with Crippen molar-refractivity contribution in [2.45, 2.75) is 52.4 Å². The van der Waals surface area contributed by atoms with Crippen LogP contribution in [0.5, 0.6) is 0 Å². The number of likely N-dealkylation sites (N-methyl/N-ethyl adjacent to an activating group) is 1. The molecule has 0 unspecified atom stereocenters. The molecule has 0 saturated heterocycles. The summed E-state index contributed by atoms with van der Waals surface area (Å²) in [6.07, 6.45) is -4.66. The van der Waals surface area contributed by atoms with Crippen LogP contribution >= 0.6 is 0 Å². The van der Waals surface area contributed by atoms with E-state index in [1.807, 2.05) is 20.8 Å². The SMILES string of the molecule is CNC(=O)Cc1nc(-c2cc(C)nn2C(C)(C)C)n(CC(F)(F)F)n1. The van der Waals surface area contributed by atoms with Gasteiger partial charge in [0.2, 0.25) is 5.91 Å². The number of hydrogen-bond acceptors (Lipinski definition) is 4. The molecule has 0 aliphatic carbocycles. The van der Waals surface area contributed by atoms with E-state index in [2.05, 4.69) is 20.5 Å². The molecule has 0 aromatic carbocycles. The molecule has 0 aliphatic rings. The van der Waals surface area contributed by atoms with Crippen LogP contribution in [0.25, 0.3) is 11.5 Å². The summed E-state index contributed by atoms with van der Waals surface area (Å²) in [4.78, 5) is 15.7. The van der Waals surface area contributed by atoms with E-state index < -0.39 is 18.3 Å². The van der Waals surface area contributed by atoms with E-state index in [4.69, 9.17) is 0 Å². The number of nitrogens with zero attached hydrogens (tertiary/aromatic N) is 5. The Kier molecular flexibility index (Phi) is 4.92. The molecule has 25 heavy (non-hydrogen) atoms. The van der Waals surface area contributed by atoms with E-state index in [1.165, 1.54) is 7.05 Å². The van der Waals surface area contributed by atoms with Crippen molar-refractivity contribution in [2.24, 2.45) is 0 Å². The molecule has 0 bridgehead atoms. The van der Waals surface area contributed by atoms with Gasteiger partial charge in [0.05, 0.1) is 17.7 Å². The number of aromatic nitrogens is 5. The topological polar surface area (TPSA) is 77.6 Å². The minimum atomic E-state index is -4.46. The Labute approximate surface area is 143 Å². The molecule has 10 heteroatoms. The van der Waals surface area contributed by atoms with Crippen molar-refractivity contribution < 1.29 is 18.0 Å². The van der Waals surface area contributed by atoms with Gasteiger partial charge in [0.15, 0.2) is 11.6 Å². The molecule has 2 aromatic rings. The Bertz CT molecular complexity index is 769. The maximum Gasteiger partial charge on any atom is 0.408 e. The van der Waals surface area contributed by atoms with Crippen LogP contribution < -0.4 is 5.32 Å². The maximum absolute atomic E-state index is 12.9. The summed E-state index contributed by atoms with van der Waals surface area (Å²) in [6, 6.07) is 1.66. The first-order valence-corrected chi connectivity index (χ1v) is 7.69. The summed E-state index contributed by atoms with van der Waals surface area (Å²) in [5, 5.41) is 10.6. The van der Waals surface area contributed by atoms with Crippen LogP contribution in [0, 0.1) is 6.92 Å². The van der Waals surface area contributed by atoms with Gasteiger partial charge in [0.1, 0.15) is 12.2 Å². The molecule has 2 heterocycles. The molecular weight excluding hydrogens is 337 g/mol. The molecular formula is C15H21F3N6O. The molecule has 0 radical (unpaired) electrons. The van der Waals surface area contributed by atoms with Crippen molar-refractivity contribution in [1.82, 2.24) is 29.9 Å². The predicted molar refractivity (Wildman–Crippen MR) is 84.8 cm³/mol. The van der Waals surface area contributed by atoms with Gasteiger partial charge in [-0.3, -0.25) is 9.48 Å². The van der Waals surface area contributed by atoms with E-state index in [9.17, 15) is 18.0 Å². The number of carbonyl (C=O) groups excluding carboxylic acids is 1. The number of halogens is 3. The van der Waals surface area contributed by atoms with Gasteiger partial charge in [-0.1, -0.05) is 0 Å². The van der Waals surface area contributed by atoms with E-state index in [-0.39, 0.29) is 24.0 Å². The summed E-state index contributed by atoms with van der Waals surface area (Å²) in [5.41, 5.74) is 0.615. The lowest BCUT2D eigenvalue weighted by Crippen LogP contribution is -2.26. The normalized spacial score (nSPS) is 12.5. The lowest BCUT2D eigenvalue weighted by molar-refractivity contribution is -0.142. The summed E-state index contributed by atoms with van der Waals surface area (Å²) in [5.74, 6) is -0.319. The number of aryl methyl sites for hydroxylation is 1. The van der Waals surface area contributed by atoms with Gasteiger partial charge in [-0.25, -0.2) is 9.67 Å². The minimum absolute atomic E-state index is 0.0258. The zero-order valence-corrected chi connectivity index (χ0v) is 14.8. The monoisotopic (exact) mass is 358 g/mol. The van der Waals surface area contributed by atoms with Crippen molar-refractivity contribution in [3.63, 3.8) is 0 Å². The Balaban J connectivity index is 2.57. The first kappa shape index (κ1) is 18.9. The van der Waals surface area contributed by atoms with Crippen LogP contribution in [0.4, 0.5) is 13.2 Å².